The van der Waals surface area contributed by atoms with Gasteiger partial charge in [0.25, 0.3) is 0 Å². The van der Waals surface area contributed by atoms with Crippen molar-refractivity contribution in [1.29, 1.82) is 0 Å². The van der Waals surface area contributed by atoms with Gasteiger partial charge >= 0.3 is 0 Å². The van der Waals surface area contributed by atoms with E-state index < -0.39 is 5.41 Å². The van der Waals surface area contributed by atoms with E-state index in [1.807, 2.05) is 36.4 Å². The minimum absolute atomic E-state index is 0.236. The Labute approximate surface area is 214 Å². The van der Waals surface area contributed by atoms with Crippen molar-refractivity contribution in [3.05, 3.63) is 125 Å². The highest BCUT2D eigenvalue weighted by molar-refractivity contribution is 5.52. The summed E-state index contributed by atoms with van der Waals surface area (Å²) in [5.41, 5.74) is 4.21. The highest BCUT2D eigenvalue weighted by atomic mass is 16.3. The maximum absolute atomic E-state index is 9.96. The molecule has 36 heavy (non-hydrogen) atoms. The molecule has 0 aliphatic rings. The van der Waals surface area contributed by atoms with Crippen LogP contribution in [0.2, 0.25) is 0 Å². The molecule has 186 valence electrons. The number of benzene rings is 4. The Morgan fingerprint density at radius 1 is 0.417 bits per heavy atom. The van der Waals surface area contributed by atoms with Gasteiger partial charge in [-0.15, -0.1) is 0 Å². The van der Waals surface area contributed by atoms with Crippen molar-refractivity contribution in [2.24, 2.45) is 0 Å². The van der Waals surface area contributed by atoms with Crippen molar-refractivity contribution in [3.63, 3.8) is 0 Å². The van der Waals surface area contributed by atoms with Gasteiger partial charge in [0.15, 0.2) is 0 Å². The van der Waals surface area contributed by atoms with Gasteiger partial charge in [-0.1, -0.05) is 98.8 Å². The van der Waals surface area contributed by atoms with E-state index in [1.165, 1.54) is 31.2 Å². The van der Waals surface area contributed by atoms with E-state index in [2.05, 4.69) is 30.3 Å². The fraction of sp³-hybridized carbons (Fsp3) is 0.273. The van der Waals surface area contributed by atoms with Gasteiger partial charge in [-0.3, -0.25) is 0 Å². The number of unbranched alkanes of at least 4 members (excludes halogenated alkanes) is 5. The van der Waals surface area contributed by atoms with Crippen molar-refractivity contribution in [2.45, 2.75) is 56.8 Å². The lowest BCUT2D eigenvalue weighted by Crippen LogP contribution is -2.29. The zero-order chi connectivity index (χ0) is 25.2. The summed E-state index contributed by atoms with van der Waals surface area (Å²) in [7, 11) is 0. The van der Waals surface area contributed by atoms with Gasteiger partial charge in [-0.25, -0.2) is 0 Å². The average molecular weight is 481 g/mol. The summed E-state index contributed by atoms with van der Waals surface area (Å²) in [5.74, 6) is 0.707. The number of aryl methyl sites for hydroxylation is 1. The van der Waals surface area contributed by atoms with Crippen LogP contribution in [0.3, 0.4) is 0 Å². The van der Waals surface area contributed by atoms with Crippen LogP contribution < -0.4 is 0 Å². The highest BCUT2D eigenvalue weighted by Gasteiger charge is 2.36. The van der Waals surface area contributed by atoms with Crippen LogP contribution in [-0.2, 0) is 11.8 Å². The zero-order valence-electron chi connectivity index (χ0n) is 20.8. The second kappa shape index (κ2) is 12.3. The number of aromatic hydroxyl groups is 3. The quantitative estimate of drug-likeness (QED) is 0.142. The summed E-state index contributed by atoms with van der Waals surface area (Å²) in [6.45, 7) is 0. The Morgan fingerprint density at radius 2 is 0.806 bits per heavy atom. The molecule has 0 amide bonds. The summed E-state index contributed by atoms with van der Waals surface area (Å²) in [6.07, 6.45) is 9.12. The van der Waals surface area contributed by atoms with E-state index in [0.29, 0.717) is 0 Å². The van der Waals surface area contributed by atoms with Crippen molar-refractivity contribution in [2.75, 3.05) is 0 Å². The Balaban J connectivity index is 1.49. The van der Waals surface area contributed by atoms with Crippen LogP contribution in [0.1, 0.15) is 67.2 Å². The van der Waals surface area contributed by atoms with Crippen LogP contribution in [0.5, 0.6) is 17.2 Å². The Bertz CT molecular complexity index is 1070. The molecule has 4 aromatic carbocycles. The van der Waals surface area contributed by atoms with Gasteiger partial charge < -0.3 is 15.3 Å². The topological polar surface area (TPSA) is 60.7 Å². The molecular formula is C33H36O3. The first-order chi connectivity index (χ1) is 17.6. The molecule has 0 saturated carbocycles. The third-order valence-electron chi connectivity index (χ3n) is 7.19. The molecule has 0 aromatic heterocycles. The molecule has 4 rings (SSSR count). The van der Waals surface area contributed by atoms with Crippen molar-refractivity contribution < 1.29 is 15.3 Å². The minimum atomic E-state index is -0.456. The molecule has 0 saturated heterocycles. The maximum atomic E-state index is 9.96. The fourth-order valence-corrected chi connectivity index (χ4v) is 5.24. The lowest BCUT2D eigenvalue weighted by Gasteiger charge is -2.36. The summed E-state index contributed by atoms with van der Waals surface area (Å²) >= 11 is 0. The Kier molecular flexibility index (Phi) is 8.67. The number of hydrogen-bond acceptors (Lipinski definition) is 3. The molecule has 0 fully saturated rings. The van der Waals surface area contributed by atoms with Crippen LogP contribution in [0.4, 0.5) is 0 Å². The predicted octanol–water partition coefficient (Wildman–Crippen LogP) is 8.11. The number of phenolic OH excluding ortho intramolecular Hbond substituents is 3. The first-order valence-corrected chi connectivity index (χ1v) is 13.0. The lowest BCUT2D eigenvalue weighted by atomic mass is 9.66. The third kappa shape index (κ3) is 6.28. The third-order valence-corrected chi connectivity index (χ3v) is 7.19. The van der Waals surface area contributed by atoms with E-state index in [0.717, 1.165) is 42.4 Å². The second-order valence-electron chi connectivity index (χ2n) is 9.65. The van der Waals surface area contributed by atoms with E-state index in [9.17, 15) is 15.3 Å². The monoisotopic (exact) mass is 480 g/mol. The second-order valence-corrected chi connectivity index (χ2v) is 9.65. The highest BCUT2D eigenvalue weighted by Crippen LogP contribution is 2.44. The Morgan fingerprint density at radius 3 is 1.25 bits per heavy atom. The van der Waals surface area contributed by atoms with Crippen LogP contribution >= 0.6 is 0 Å². The molecule has 4 aromatic rings. The van der Waals surface area contributed by atoms with E-state index in [-0.39, 0.29) is 17.2 Å². The Hall–Kier alpha value is -3.72. The lowest BCUT2D eigenvalue weighted by molar-refractivity contribution is 0.467. The summed E-state index contributed by atoms with van der Waals surface area (Å²) < 4.78 is 0. The van der Waals surface area contributed by atoms with Crippen molar-refractivity contribution in [1.82, 2.24) is 0 Å². The van der Waals surface area contributed by atoms with Crippen LogP contribution in [0.25, 0.3) is 0 Å². The SMILES string of the molecule is Oc1ccc(C(CCCCCCCCc2ccccc2)(c2ccc(O)cc2)c2ccc(O)cc2)cc1. The van der Waals surface area contributed by atoms with Gasteiger partial charge in [0, 0.05) is 5.41 Å². The van der Waals surface area contributed by atoms with Crippen molar-refractivity contribution in [3.8, 4) is 17.2 Å². The molecule has 0 bridgehead atoms. The molecule has 0 radical (unpaired) electrons. The number of rotatable bonds is 12. The molecule has 3 N–H and O–H groups in total. The fourth-order valence-electron chi connectivity index (χ4n) is 5.24. The van der Waals surface area contributed by atoms with Crippen LogP contribution in [0.15, 0.2) is 103 Å². The standard InChI is InChI=1S/C33H36O3/c34-30-19-13-27(14-20-30)33(28-15-21-31(35)22-16-28,29-17-23-32(36)24-18-29)25-9-4-2-1-3-6-10-26-11-7-5-8-12-26/h5,7-8,11-24,34-36H,1-4,6,9-10,25H2. The maximum Gasteiger partial charge on any atom is 0.115 e. The van der Waals surface area contributed by atoms with Crippen molar-refractivity contribution >= 4 is 0 Å². The molecule has 0 heterocycles. The van der Waals surface area contributed by atoms with Crippen LogP contribution in [-0.4, -0.2) is 15.3 Å². The summed E-state index contributed by atoms with van der Waals surface area (Å²) in [6, 6.07) is 33.0. The average Bonchev–Trinajstić information content (AvgIpc) is 2.90. The van der Waals surface area contributed by atoms with Gasteiger partial charge in [-0.2, -0.15) is 0 Å². The normalized spacial score (nSPS) is 11.4. The van der Waals surface area contributed by atoms with Crippen LogP contribution in [0, 0.1) is 0 Å². The molecule has 3 nitrogen and oxygen atoms in total. The van der Waals surface area contributed by atoms with Gasteiger partial charge in [0.05, 0.1) is 0 Å². The van der Waals surface area contributed by atoms with E-state index >= 15 is 0 Å². The summed E-state index contributed by atoms with van der Waals surface area (Å²) in [5, 5.41) is 29.9. The zero-order valence-corrected chi connectivity index (χ0v) is 20.8. The van der Waals surface area contributed by atoms with Gasteiger partial charge in [0.1, 0.15) is 17.2 Å². The first-order valence-electron chi connectivity index (χ1n) is 13.0. The molecule has 0 aliphatic heterocycles. The molecule has 3 heteroatoms. The predicted molar refractivity (Wildman–Crippen MR) is 147 cm³/mol. The molecule has 0 atom stereocenters. The number of hydrogen-bond donors (Lipinski definition) is 3. The molecule has 0 spiro atoms. The summed E-state index contributed by atoms with van der Waals surface area (Å²) in [4.78, 5) is 0. The van der Waals surface area contributed by atoms with E-state index in [1.54, 1.807) is 36.4 Å². The largest absolute Gasteiger partial charge is 0.508 e. The van der Waals surface area contributed by atoms with Gasteiger partial charge in [0.2, 0.25) is 0 Å². The van der Waals surface area contributed by atoms with Gasteiger partial charge in [-0.05, 0) is 77.9 Å². The first kappa shape index (κ1) is 25.4. The smallest absolute Gasteiger partial charge is 0.115 e. The van der Waals surface area contributed by atoms with E-state index in [4.69, 9.17) is 0 Å². The number of phenols is 3. The molecule has 0 unspecified atom stereocenters. The minimum Gasteiger partial charge on any atom is -0.508 e. The molecular weight excluding hydrogens is 444 g/mol. The molecule has 0 aliphatic carbocycles.